The number of Topliss-reactive ketones (excluding diaryl/α,β-unsaturated/α-hetero) is 1. The van der Waals surface area contributed by atoms with Crippen molar-refractivity contribution in [3.63, 3.8) is 0 Å². The number of nitrogens with two attached hydrogens (primary N) is 1. The lowest BCUT2D eigenvalue weighted by Gasteiger charge is -2.08. The number of likely N-dealkylation sites (N-methyl/N-ethyl adjacent to an activating group) is 1. The fourth-order valence-electron chi connectivity index (χ4n) is 0.993. The number of carbonyl (C=O) groups is 1. The first-order valence-corrected chi connectivity index (χ1v) is 4.41. The van der Waals surface area contributed by atoms with Crippen LogP contribution in [0, 0.1) is 0 Å². The molecule has 0 aliphatic carbocycles. The van der Waals surface area contributed by atoms with Crippen molar-refractivity contribution < 1.29 is 4.79 Å². The van der Waals surface area contributed by atoms with Gasteiger partial charge in [0.1, 0.15) is 6.04 Å². The molecule has 1 rings (SSSR count). The molecule has 1 aromatic heterocycles. The van der Waals surface area contributed by atoms with E-state index in [1.165, 1.54) is 18.3 Å². The van der Waals surface area contributed by atoms with Crippen LogP contribution in [-0.2, 0) is 4.79 Å². The highest BCUT2D eigenvalue weighted by Gasteiger charge is 2.16. The highest BCUT2D eigenvalue weighted by atomic mass is 32.1. The van der Waals surface area contributed by atoms with E-state index < -0.39 is 0 Å². The summed E-state index contributed by atoms with van der Waals surface area (Å²) in [5, 5.41) is 5.15. The maximum atomic E-state index is 11.0. The van der Waals surface area contributed by atoms with Gasteiger partial charge >= 0.3 is 0 Å². The van der Waals surface area contributed by atoms with Crippen LogP contribution in [0.4, 0.5) is 5.13 Å². The van der Waals surface area contributed by atoms with Gasteiger partial charge in [-0.15, -0.1) is 11.3 Å². The number of anilines is 1. The first-order chi connectivity index (χ1) is 5.65. The molecule has 0 aliphatic heterocycles. The molecule has 0 aromatic carbocycles. The van der Waals surface area contributed by atoms with Gasteiger partial charge in [0.05, 0.1) is 5.69 Å². The quantitative estimate of drug-likeness (QED) is 0.722. The van der Waals surface area contributed by atoms with E-state index >= 15 is 0 Å². The maximum Gasteiger partial charge on any atom is 0.180 e. The fraction of sp³-hybridized carbons (Fsp3) is 0.429. The number of ketones is 1. The molecule has 0 bridgehead atoms. The van der Waals surface area contributed by atoms with Crippen molar-refractivity contribution in [1.82, 2.24) is 10.3 Å². The van der Waals surface area contributed by atoms with E-state index in [9.17, 15) is 4.79 Å². The van der Waals surface area contributed by atoms with Gasteiger partial charge in [-0.25, -0.2) is 4.98 Å². The van der Waals surface area contributed by atoms with E-state index in [0.29, 0.717) is 10.8 Å². The number of nitrogen functional groups attached to an aromatic ring is 1. The van der Waals surface area contributed by atoms with Crippen LogP contribution in [0.5, 0.6) is 0 Å². The molecule has 5 heteroatoms. The Morgan fingerprint density at radius 1 is 1.83 bits per heavy atom. The first-order valence-electron chi connectivity index (χ1n) is 3.53. The van der Waals surface area contributed by atoms with Crippen LogP contribution in [0.1, 0.15) is 18.7 Å². The monoisotopic (exact) mass is 185 g/mol. The summed E-state index contributed by atoms with van der Waals surface area (Å²) in [4.78, 5) is 15.1. The molecule has 1 atom stereocenters. The third-order valence-electron chi connectivity index (χ3n) is 1.53. The maximum absolute atomic E-state index is 11.0. The first kappa shape index (κ1) is 9.15. The van der Waals surface area contributed by atoms with Crippen LogP contribution < -0.4 is 11.1 Å². The summed E-state index contributed by atoms with van der Waals surface area (Å²) in [5.41, 5.74) is 6.14. The normalized spacial score (nSPS) is 12.8. The molecule has 3 N–H and O–H groups in total. The molecule has 0 radical (unpaired) electrons. The average Bonchev–Trinajstić information content (AvgIpc) is 2.37. The second kappa shape index (κ2) is 3.64. The highest BCUT2D eigenvalue weighted by Crippen LogP contribution is 2.18. The van der Waals surface area contributed by atoms with Crippen LogP contribution in [0.3, 0.4) is 0 Å². The Hall–Kier alpha value is -0.940. The summed E-state index contributed by atoms with van der Waals surface area (Å²) in [6, 6.07) is -0.321. The number of nitrogens with zero attached hydrogens (tertiary/aromatic N) is 1. The van der Waals surface area contributed by atoms with Gasteiger partial charge in [0.15, 0.2) is 10.9 Å². The standard InChI is InChI=1S/C7H11N3OS/c1-4(11)6(9-2)5-3-12-7(8)10-5/h3,6,9H,1-2H3,(H2,8,10). The topological polar surface area (TPSA) is 68.0 Å². The Labute approximate surface area is 74.8 Å². The Balaban J connectivity index is 2.87. The minimum Gasteiger partial charge on any atom is -0.375 e. The lowest BCUT2D eigenvalue weighted by molar-refractivity contribution is -0.119. The zero-order valence-corrected chi connectivity index (χ0v) is 7.81. The molecule has 66 valence electrons. The van der Waals surface area contributed by atoms with Crippen LogP contribution >= 0.6 is 11.3 Å². The molecule has 0 amide bonds. The Morgan fingerprint density at radius 2 is 2.50 bits per heavy atom. The van der Waals surface area contributed by atoms with Crippen molar-refractivity contribution in [2.24, 2.45) is 0 Å². The number of carbonyl (C=O) groups excluding carboxylic acids is 1. The predicted octanol–water partition coefficient (Wildman–Crippen LogP) is 0.575. The van der Waals surface area contributed by atoms with Gasteiger partial charge in [-0.3, -0.25) is 4.79 Å². The van der Waals surface area contributed by atoms with Gasteiger partial charge in [-0.2, -0.15) is 0 Å². The number of aromatic nitrogens is 1. The van der Waals surface area contributed by atoms with Crippen LogP contribution in [0.15, 0.2) is 5.38 Å². The number of nitrogens with one attached hydrogen (secondary N) is 1. The molecular formula is C7H11N3OS. The molecule has 1 heterocycles. The summed E-state index contributed by atoms with van der Waals surface area (Å²) in [5.74, 6) is 0.0443. The Morgan fingerprint density at radius 3 is 2.83 bits per heavy atom. The van der Waals surface area contributed by atoms with Crippen LogP contribution in [0.2, 0.25) is 0 Å². The third kappa shape index (κ3) is 1.80. The lowest BCUT2D eigenvalue weighted by atomic mass is 10.1. The summed E-state index contributed by atoms with van der Waals surface area (Å²) >= 11 is 1.34. The van der Waals surface area contributed by atoms with Gasteiger partial charge < -0.3 is 11.1 Å². The van der Waals surface area contributed by atoms with E-state index in [0.717, 1.165) is 0 Å². The molecule has 0 fully saturated rings. The number of rotatable bonds is 3. The van der Waals surface area contributed by atoms with Crippen LogP contribution in [0.25, 0.3) is 0 Å². The third-order valence-corrected chi connectivity index (χ3v) is 2.22. The van der Waals surface area contributed by atoms with Gasteiger partial charge in [0, 0.05) is 5.38 Å². The van der Waals surface area contributed by atoms with Crippen molar-refractivity contribution in [1.29, 1.82) is 0 Å². The molecule has 0 saturated carbocycles. The zero-order chi connectivity index (χ0) is 9.14. The predicted molar refractivity (Wildman–Crippen MR) is 49.0 cm³/mol. The number of hydrogen-bond donors (Lipinski definition) is 2. The largest absolute Gasteiger partial charge is 0.375 e. The summed E-state index contributed by atoms with van der Waals surface area (Å²) in [6.45, 7) is 1.52. The average molecular weight is 185 g/mol. The van der Waals surface area contributed by atoms with Crippen molar-refractivity contribution >= 4 is 22.3 Å². The zero-order valence-electron chi connectivity index (χ0n) is 7.00. The molecular weight excluding hydrogens is 174 g/mol. The van der Waals surface area contributed by atoms with Crippen LogP contribution in [-0.4, -0.2) is 17.8 Å². The molecule has 12 heavy (non-hydrogen) atoms. The molecule has 0 saturated heterocycles. The highest BCUT2D eigenvalue weighted by molar-refractivity contribution is 7.13. The Kier molecular flexibility index (Phi) is 2.78. The second-order valence-electron chi connectivity index (χ2n) is 2.44. The van der Waals surface area contributed by atoms with E-state index in [4.69, 9.17) is 5.73 Å². The molecule has 4 nitrogen and oxygen atoms in total. The van der Waals surface area contributed by atoms with Gasteiger partial charge in [0.2, 0.25) is 0 Å². The molecule has 1 aromatic rings. The van der Waals surface area contributed by atoms with E-state index in [-0.39, 0.29) is 11.8 Å². The summed E-state index contributed by atoms with van der Waals surface area (Å²) < 4.78 is 0. The summed E-state index contributed by atoms with van der Waals surface area (Å²) in [7, 11) is 1.72. The van der Waals surface area contributed by atoms with Crippen molar-refractivity contribution in [2.75, 3.05) is 12.8 Å². The smallest absolute Gasteiger partial charge is 0.180 e. The van der Waals surface area contributed by atoms with Gasteiger partial charge in [-0.1, -0.05) is 0 Å². The van der Waals surface area contributed by atoms with Crippen molar-refractivity contribution in [2.45, 2.75) is 13.0 Å². The summed E-state index contributed by atoms with van der Waals surface area (Å²) in [6.07, 6.45) is 0. The molecule has 0 aliphatic rings. The minimum atomic E-state index is -0.321. The number of thiazole rings is 1. The molecule has 1 unspecified atom stereocenters. The minimum absolute atomic E-state index is 0.0443. The molecule has 0 spiro atoms. The Bertz CT molecular complexity index is 284. The van der Waals surface area contributed by atoms with E-state index in [2.05, 4.69) is 10.3 Å². The van der Waals surface area contributed by atoms with E-state index in [1.807, 2.05) is 0 Å². The van der Waals surface area contributed by atoms with Crippen molar-refractivity contribution in [3.05, 3.63) is 11.1 Å². The van der Waals surface area contributed by atoms with Gasteiger partial charge in [-0.05, 0) is 14.0 Å². The fourth-order valence-corrected chi connectivity index (χ4v) is 1.58. The second-order valence-corrected chi connectivity index (χ2v) is 3.33. The van der Waals surface area contributed by atoms with Crippen molar-refractivity contribution in [3.8, 4) is 0 Å². The van der Waals surface area contributed by atoms with E-state index in [1.54, 1.807) is 12.4 Å². The lowest BCUT2D eigenvalue weighted by Crippen LogP contribution is -2.23. The SMILES string of the molecule is CNC(C(C)=O)c1csc(N)n1. The van der Waals surface area contributed by atoms with Gasteiger partial charge in [0.25, 0.3) is 0 Å². The number of hydrogen-bond acceptors (Lipinski definition) is 5.